The monoisotopic (exact) mass is 385 g/mol. The van der Waals surface area contributed by atoms with Gasteiger partial charge >= 0.3 is 0 Å². The summed E-state index contributed by atoms with van der Waals surface area (Å²) < 4.78 is 10.4. The Labute approximate surface area is 163 Å². The molecule has 0 atom stereocenters. The zero-order valence-corrected chi connectivity index (χ0v) is 15.8. The summed E-state index contributed by atoms with van der Waals surface area (Å²) in [4.78, 5) is 23.9. The Morgan fingerprint density at radius 2 is 1.93 bits per heavy atom. The molecule has 0 spiro atoms. The van der Waals surface area contributed by atoms with Gasteiger partial charge < -0.3 is 19.9 Å². The lowest BCUT2D eigenvalue weighted by molar-refractivity contribution is -0.120. The minimum absolute atomic E-state index is 0.0105. The van der Waals surface area contributed by atoms with Crippen LogP contribution in [0.3, 0.4) is 0 Å². The van der Waals surface area contributed by atoms with E-state index in [0.29, 0.717) is 29.2 Å². The van der Waals surface area contributed by atoms with Gasteiger partial charge in [-0.1, -0.05) is 6.92 Å². The minimum atomic E-state index is -0.474. The average Bonchev–Trinajstić information content (AvgIpc) is 2.72. The molecule has 0 aromatic heterocycles. The number of carbonyl (C=O) groups is 2. The normalized spacial score (nSPS) is 10.5. The largest absolute Gasteiger partial charge is 0.504 e. The summed E-state index contributed by atoms with van der Waals surface area (Å²) in [6.07, 6.45) is 2.30. The molecule has 2 aromatic carbocycles. The van der Waals surface area contributed by atoms with Gasteiger partial charge in [-0.3, -0.25) is 9.59 Å². The highest BCUT2D eigenvalue weighted by Crippen LogP contribution is 2.25. The Hall–Kier alpha value is -3.55. The molecule has 0 radical (unpaired) electrons. The second-order valence-electron chi connectivity index (χ2n) is 5.78. The number of hydrogen-bond donors (Lipinski definition) is 3. The number of ether oxygens (including phenoxy) is 2. The standard InChI is InChI=1S/C20H23N3O5/c1-3-10-28-16-7-5-15(6-8-16)20(26)21-13-19(25)23-22-12-14-4-9-17(24)18(11-14)27-2/h4-9,11-12,24H,3,10,13H2,1-2H3,(H,21,26)(H,23,25)/b22-12+. The Morgan fingerprint density at radius 3 is 2.61 bits per heavy atom. The fraction of sp³-hybridized carbons (Fsp3) is 0.250. The molecule has 0 fully saturated rings. The zero-order valence-electron chi connectivity index (χ0n) is 15.8. The molecular formula is C20H23N3O5. The first-order chi connectivity index (χ1) is 13.5. The molecule has 0 saturated heterocycles. The SMILES string of the molecule is CCCOc1ccc(C(=O)NCC(=O)N/N=C/c2ccc(O)c(OC)c2)cc1. The second kappa shape index (κ2) is 10.6. The number of hydrogen-bond acceptors (Lipinski definition) is 6. The average molecular weight is 385 g/mol. The van der Waals surface area contributed by atoms with Gasteiger partial charge in [0, 0.05) is 5.56 Å². The van der Waals surface area contributed by atoms with Crippen LogP contribution in [0.5, 0.6) is 17.2 Å². The van der Waals surface area contributed by atoms with Gasteiger partial charge in [-0.15, -0.1) is 0 Å². The van der Waals surface area contributed by atoms with Crippen molar-refractivity contribution >= 4 is 18.0 Å². The third-order valence-electron chi connectivity index (χ3n) is 3.61. The van der Waals surface area contributed by atoms with Gasteiger partial charge in [-0.05, 0) is 54.4 Å². The van der Waals surface area contributed by atoms with E-state index < -0.39 is 5.91 Å². The van der Waals surface area contributed by atoms with Crippen molar-refractivity contribution in [2.75, 3.05) is 20.3 Å². The highest BCUT2D eigenvalue weighted by atomic mass is 16.5. The van der Waals surface area contributed by atoms with Gasteiger partial charge in [-0.2, -0.15) is 5.10 Å². The Bertz CT molecular complexity index is 834. The van der Waals surface area contributed by atoms with E-state index in [1.807, 2.05) is 6.92 Å². The van der Waals surface area contributed by atoms with E-state index in [0.717, 1.165) is 6.42 Å². The van der Waals surface area contributed by atoms with E-state index >= 15 is 0 Å². The highest BCUT2D eigenvalue weighted by molar-refractivity contribution is 5.96. The number of phenols is 1. The van der Waals surface area contributed by atoms with Gasteiger partial charge in [0.05, 0.1) is 26.5 Å². The number of methoxy groups -OCH3 is 1. The van der Waals surface area contributed by atoms with E-state index in [1.165, 1.54) is 19.4 Å². The van der Waals surface area contributed by atoms with Crippen molar-refractivity contribution in [3.05, 3.63) is 53.6 Å². The van der Waals surface area contributed by atoms with Crippen LogP contribution in [0.4, 0.5) is 0 Å². The van der Waals surface area contributed by atoms with E-state index in [-0.39, 0.29) is 18.2 Å². The molecule has 148 valence electrons. The summed E-state index contributed by atoms with van der Waals surface area (Å²) in [6, 6.07) is 11.3. The third-order valence-corrected chi connectivity index (χ3v) is 3.61. The molecule has 2 rings (SSSR count). The maximum absolute atomic E-state index is 12.1. The molecule has 0 aliphatic rings. The van der Waals surface area contributed by atoms with Gasteiger partial charge in [0.2, 0.25) is 0 Å². The first-order valence-corrected chi connectivity index (χ1v) is 8.73. The summed E-state index contributed by atoms with van der Waals surface area (Å²) in [7, 11) is 1.44. The number of phenolic OH excluding ortho intramolecular Hbond substituents is 1. The van der Waals surface area contributed by atoms with Crippen molar-refractivity contribution in [3.8, 4) is 17.2 Å². The van der Waals surface area contributed by atoms with Crippen molar-refractivity contribution in [2.45, 2.75) is 13.3 Å². The van der Waals surface area contributed by atoms with Gasteiger partial charge in [-0.25, -0.2) is 5.43 Å². The Kier molecular flexibility index (Phi) is 7.83. The topological polar surface area (TPSA) is 109 Å². The summed E-state index contributed by atoms with van der Waals surface area (Å²) in [5.41, 5.74) is 3.37. The van der Waals surface area contributed by atoms with Crippen molar-refractivity contribution in [2.24, 2.45) is 5.10 Å². The molecule has 0 aliphatic heterocycles. The lowest BCUT2D eigenvalue weighted by Crippen LogP contribution is -2.34. The fourth-order valence-electron chi connectivity index (χ4n) is 2.18. The van der Waals surface area contributed by atoms with E-state index in [1.54, 1.807) is 36.4 Å². The molecule has 0 unspecified atom stereocenters. The van der Waals surface area contributed by atoms with Crippen molar-refractivity contribution in [1.82, 2.24) is 10.7 Å². The number of carbonyl (C=O) groups excluding carboxylic acids is 2. The first kappa shape index (κ1) is 20.8. The molecule has 8 heteroatoms. The van der Waals surface area contributed by atoms with Crippen LogP contribution in [0.1, 0.15) is 29.3 Å². The van der Waals surface area contributed by atoms with Crippen molar-refractivity contribution < 1.29 is 24.2 Å². The summed E-state index contributed by atoms with van der Waals surface area (Å²) >= 11 is 0. The Morgan fingerprint density at radius 1 is 1.18 bits per heavy atom. The lowest BCUT2D eigenvalue weighted by Gasteiger charge is -2.07. The number of aromatic hydroxyl groups is 1. The lowest BCUT2D eigenvalue weighted by atomic mass is 10.2. The van der Waals surface area contributed by atoms with E-state index in [4.69, 9.17) is 9.47 Å². The highest BCUT2D eigenvalue weighted by Gasteiger charge is 2.08. The fourth-order valence-corrected chi connectivity index (χ4v) is 2.18. The molecule has 2 aromatic rings. The summed E-state index contributed by atoms with van der Waals surface area (Å²) in [6.45, 7) is 2.41. The first-order valence-electron chi connectivity index (χ1n) is 8.73. The molecule has 0 aliphatic carbocycles. The Balaban J connectivity index is 1.79. The molecule has 8 nitrogen and oxygen atoms in total. The van der Waals surface area contributed by atoms with E-state index in [9.17, 15) is 14.7 Å². The zero-order chi connectivity index (χ0) is 20.4. The molecule has 2 amide bonds. The third kappa shape index (κ3) is 6.31. The maximum Gasteiger partial charge on any atom is 0.259 e. The summed E-state index contributed by atoms with van der Waals surface area (Å²) in [5.74, 6) is 0.157. The molecule has 28 heavy (non-hydrogen) atoms. The predicted molar refractivity (Wildman–Crippen MR) is 105 cm³/mol. The molecular weight excluding hydrogens is 362 g/mol. The number of rotatable bonds is 9. The van der Waals surface area contributed by atoms with Crippen LogP contribution in [0.15, 0.2) is 47.6 Å². The van der Waals surface area contributed by atoms with Crippen LogP contribution in [0.25, 0.3) is 0 Å². The quantitative estimate of drug-likeness (QED) is 0.452. The van der Waals surface area contributed by atoms with Gasteiger partial charge in [0.15, 0.2) is 11.5 Å². The molecule has 3 N–H and O–H groups in total. The smallest absolute Gasteiger partial charge is 0.259 e. The summed E-state index contributed by atoms with van der Waals surface area (Å²) in [5, 5.41) is 15.9. The molecule has 0 bridgehead atoms. The number of amides is 2. The number of hydrazone groups is 1. The molecule has 0 saturated carbocycles. The predicted octanol–water partition coefficient (Wildman–Crippen LogP) is 2.07. The van der Waals surface area contributed by atoms with Crippen LogP contribution in [0.2, 0.25) is 0 Å². The van der Waals surface area contributed by atoms with Gasteiger partial charge in [0.25, 0.3) is 11.8 Å². The number of nitrogens with zero attached hydrogens (tertiary/aromatic N) is 1. The van der Waals surface area contributed by atoms with Crippen LogP contribution in [0, 0.1) is 0 Å². The molecule has 0 heterocycles. The van der Waals surface area contributed by atoms with Crippen LogP contribution in [-0.4, -0.2) is 43.4 Å². The number of nitrogens with one attached hydrogen (secondary N) is 2. The maximum atomic E-state index is 12.1. The second-order valence-corrected chi connectivity index (χ2v) is 5.78. The van der Waals surface area contributed by atoms with Crippen molar-refractivity contribution in [3.63, 3.8) is 0 Å². The van der Waals surface area contributed by atoms with Gasteiger partial charge in [0.1, 0.15) is 5.75 Å². The van der Waals surface area contributed by atoms with E-state index in [2.05, 4.69) is 15.8 Å². The van der Waals surface area contributed by atoms with Crippen LogP contribution >= 0.6 is 0 Å². The van der Waals surface area contributed by atoms with Crippen LogP contribution in [-0.2, 0) is 4.79 Å². The van der Waals surface area contributed by atoms with Crippen molar-refractivity contribution in [1.29, 1.82) is 0 Å². The minimum Gasteiger partial charge on any atom is -0.504 e. The van der Waals surface area contributed by atoms with Crippen LogP contribution < -0.4 is 20.2 Å². The number of benzene rings is 2.